The number of hydrogen-bond donors (Lipinski definition) is 1. The minimum Gasteiger partial charge on any atom is -0.345 e. The molecule has 44 heavy (non-hydrogen) atoms. The van der Waals surface area contributed by atoms with E-state index in [2.05, 4.69) is 147 Å². The molecule has 0 fully saturated rings. The maximum absolute atomic E-state index is 13.8. The van der Waals surface area contributed by atoms with Crippen LogP contribution in [-0.4, -0.2) is 10.5 Å². The third kappa shape index (κ3) is 6.23. The van der Waals surface area contributed by atoms with Crippen LogP contribution in [0.3, 0.4) is 0 Å². The van der Waals surface area contributed by atoms with Crippen molar-refractivity contribution in [1.82, 2.24) is 9.88 Å². The SMILES string of the molecule is Cc1c(C)n(Cc2ccc(-c3ccccc3)cc2)c2ccc(C(=O)N[C@@H](Cc3ccccc3)c3cccc(C(C)C)c3)cc12. The third-order valence-corrected chi connectivity index (χ3v) is 8.87. The van der Waals surface area contributed by atoms with Gasteiger partial charge in [0.25, 0.3) is 5.91 Å². The highest BCUT2D eigenvalue weighted by molar-refractivity contribution is 5.99. The Morgan fingerprint density at radius 2 is 1.34 bits per heavy atom. The molecule has 0 aliphatic heterocycles. The summed E-state index contributed by atoms with van der Waals surface area (Å²) < 4.78 is 2.36. The Morgan fingerprint density at radius 1 is 0.682 bits per heavy atom. The number of carbonyl (C=O) groups is 1. The second-order valence-electron chi connectivity index (χ2n) is 12.1. The minimum atomic E-state index is -0.134. The van der Waals surface area contributed by atoms with Crippen molar-refractivity contribution in [2.75, 3.05) is 0 Å². The first-order chi connectivity index (χ1) is 21.4. The van der Waals surface area contributed by atoms with E-state index < -0.39 is 0 Å². The summed E-state index contributed by atoms with van der Waals surface area (Å²) in [6.07, 6.45) is 0.730. The van der Waals surface area contributed by atoms with Gasteiger partial charge in [-0.25, -0.2) is 0 Å². The minimum absolute atomic E-state index is 0.0518. The molecule has 1 atom stereocenters. The Hall–Kier alpha value is -4.89. The summed E-state index contributed by atoms with van der Waals surface area (Å²) >= 11 is 0. The number of nitrogens with zero attached hydrogens (tertiary/aromatic N) is 1. The Kier molecular flexibility index (Phi) is 8.47. The molecule has 0 saturated heterocycles. The third-order valence-electron chi connectivity index (χ3n) is 8.87. The fourth-order valence-electron chi connectivity index (χ4n) is 6.09. The quantitative estimate of drug-likeness (QED) is 0.183. The highest BCUT2D eigenvalue weighted by Gasteiger charge is 2.19. The van der Waals surface area contributed by atoms with E-state index in [4.69, 9.17) is 0 Å². The van der Waals surface area contributed by atoms with Gasteiger partial charge in [-0.2, -0.15) is 0 Å². The molecule has 1 aromatic heterocycles. The zero-order chi connectivity index (χ0) is 30.6. The Balaban J connectivity index is 1.26. The fourth-order valence-corrected chi connectivity index (χ4v) is 6.09. The molecule has 0 saturated carbocycles. The molecule has 3 heteroatoms. The first-order valence-corrected chi connectivity index (χ1v) is 15.6. The van der Waals surface area contributed by atoms with Crippen LogP contribution in [0.2, 0.25) is 0 Å². The van der Waals surface area contributed by atoms with Gasteiger partial charge in [0.1, 0.15) is 0 Å². The monoisotopic (exact) mass is 576 g/mol. The van der Waals surface area contributed by atoms with Crippen molar-refractivity contribution in [3.05, 3.63) is 166 Å². The van der Waals surface area contributed by atoms with E-state index in [1.54, 1.807) is 0 Å². The smallest absolute Gasteiger partial charge is 0.251 e. The molecule has 0 unspecified atom stereocenters. The van der Waals surface area contributed by atoms with E-state index in [9.17, 15) is 4.79 Å². The summed E-state index contributed by atoms with van der Waals surface area (Å²) in [4.78, 5) is 13.8. The molecular weight excluding hydrogens is 536 g/mol. The number of benzene rings is 5. The summed E-state index contributed by atoms with van der Waals surface area (Å²) in [5.41, 5.74) is 11.6. The number of aryl methyl sites for hydroxylation is 1. The summed E-state index contributed by atoms with van der Waals surface area (Å²) in [7, 11) is 0. The Bertz CT molecular complexity index is 1880. The maximum Gasteiger partial charge on any atom is 0.251 e. The molecule has 0 radical (unpaired) electrons. The predicted octanol–water partition coefficient (Wildman–Crippen LogP) is 9.81. The van der Waals surface area contributed by atoms with Gasteiger partial charge in [-0.1, -0.05) is 123 Å². The van der Waals surface area contributed by atoms with Crippen LogP contribution in [0.4, 0.5) is 0 Å². The lowest BCUT2D eigenvalue weighted by molar-refractivity contribution is 0.0936. The molecule has 0 aliphatic carbocycles. The van der Waals surface area contributed by atoms with Gasteiger partial charge in [0.15, 0.2) is 0 Å². The number of amides is 1. The van der Waals surface area contributed by atoms with Gasteiger partial charge in [0.2, 0.25) is 0 Å². The van der Waals surface area contributed by atoms with Crippen LogP contribution in [0.1, 0.15) is 69.7 Å². The van der Waals surface area contributed by atoms with Crippen molar-refractivity contribution in [3.8, 4) is 11.1 Å². The van der Waals surface area contributed by atoms with Crippen molar-refractivity contribution in [2.24, 2.45) is 0 Å². The molecule has 0 spiro atoms. The largest absolute Gasteiger partial charge is 0.345 e. The lowest BCUT2D eigenvalue weighted by Gasteiger charge is -2.21. The summed E-state index contributed by atoms with van der Waals surface area (Å²) in [5.74, 6) is 0.367. The van der Waals surface area contributed by atoms with Crippen molar-refractivity contribution in [2.45, 2.75) is 52.6 Å². The van der Waals surface area contributed by atoms with E-state index in [0.717, 1.165) is 29.4 Å². The molecule has 220 valence electrons. The van der Waals surface area contributed by atoms with Crippen LogP contribution in [0.25, 0.3) is 22.0 Å². The van der Waals surface area contributed by atoms with E-state index in [0.29, 0.717) is 11.5 Å². The molecule has 1 amide bonds. The van der Waals surface area contributed by atoms with Gasteiger partial charge in [-0.3, -0.25) is 4.79 Å². The van der Waals surface area contributed by atoms with Gasteiger partial charge in [-0.05, 0) is 83.3 Å². The number of carbonyl (C=O) groups excluding carboxylic acids is 1. The average Bonchev–Trinajstić information content (AvgIpc) is 3.29. The molecule has 1 N–H and O–H groups in total. The van der Waals surface area contributed by atoms with Crippen LogP contribution < -0.4 is 5.32 Å². The zero-order valence-corrected chi connectivity index (χ0v) is 26.0. The van der Waals surface area contributed by atoms with Crippen molar-refractivity contribution in [3.63, 3.8) is 0 Å². The van der Waals surface area contributed by atoms with Gasteiger partial charge in [0.05, 0.1) is 6.04 Å². The Morgan fingerprint density at radius 3 is 2.05 bits per heavy atom. The molecule has 3 nitrogen and oxygen atoms in total. The summed E-state index contributed by atoms with van der Waals surface area (Å²) in [5, 5.41) is 4.51. The zero-order valence-electron chi connectivity index (χ0n) is 26.0. The molecule has 5 aromatic carbocycles. The normalized spacial score (nSPS) is 12.0. The van der Waals surface area contributed by atoms with Crippen molar-refractivity contribution < 1.29 is 4.79 Å². The highest BCUT2D eigenvalue weighted by Crippen LogP contribution is 2.29. The van der Waals surface area contributed by atoms with Crippen molar-refractivity contribution in [1.29, 1.82) is 0 Å². The van der Waals surface area contributed by atoms with Crippen LogP contribution in [0, 0.1) is 13.8 Å². The topological polar surface area (TPSA) is 34.0 Å². The van der Waals surface area contributed by atoms with Crippen LogP contribution in [0.5, 0.6) is 0 Å². The molecule has 1 heterocycles. The molecule has 0 bridgehead atoms. The molecular formula is C41H40N2O. The van der Waals surface area contributed by atoms with Crippen LogP contribution in [-0.2, 0) is 13.0 Å². The van der Waals surface area contributed by atoms with E-state index in [-0.39, 0.29) is 11.9 Å². The number of fused-ring (bicyclic) bond motifs is 1. The second-order valence-corrected chi connectivity index (χ2v) is 12.1. The van der Waals surface area contributed by atoms with Gasteiger partial charge in [-0.15, -0.1) is 0 Å². The van der Waals surface area contributed by atoms with E-state index in [1.165, 1.54) is 39.1 Å². The predicted molar refractivity (Wildman–Crippen MR) is 183 cm³/mol. The van der Waals surface area contributed by atoms with Crippen LogP contribution >= 0.6 is 0 Å². The van der Waals surface area contributed by atoms with Gasteiger partial charge >= 0.3 is 0 Å². The second kappa shape index (κ2) is 12.8. The fraction of sp³-hybridized carbons (Fsp3) is 0.195. The van der Waals surface area contributed by atoms with Crippen molar-refractivity contribution >= 4 is 16.8 Å². The summed E-state index contributed by atoms with van der Waals surface area (Å²) in [6, 6.07) is 44.3. The first kappa shape index (κ1) is 29.2. The van der Waals surface area contributed by atoms with E-state index >= 15 is 0 Å². The lowest BCUT2D eigenvalue weighted by atomic mass is 9.94. The molecule has 0 aliphatic rings. The first-order valence-electron chi connectivity index (χ1n) is 15.6. The van der Waals surface area contributed by atoms with E-state index in [1.807, 2.05) is 18.2 Å². The number of rotatable bonds is 9. The van der Waals surface area contributed by atoms with Gasteiger partial charge < -0.3 is 9.88 Å². The number of aromatic nitrogens is 1. The maximum atomic E-state index is 13.8. The number of hydrogen-bond acceptors (Lipinski definition) is 1. The standard InChI is InChI=1S/C41H40N2O/c1-28(2)35-16-11-17-36(25-35)39(24-31-12-7-5-8-13-31)42-41(44)37-22-23-40-38(26-37)29(3)30(4)43(40)27-32-18-20-34(21-19-32)33-14-9-6-10-15-33/h5-23,25-26,28,39H,24,27H2,1-4H3,(H,42,44)/t39-/m0/s1. The molecule has 6 rings (SSSR count). The number of nitrogens with one attached hydrogen (secondary N) is 1. The highest BCUT2D eigenvalue weighted by atomic mass is 16.1. The molecule has 6 aromatic rings. The lowest BCUT2D eigenvalue weighted by Crippen LogP contribution is -2.30. The van der Waals surface area contributed by atoms with Gasteiger partial charge in [0, 0.05) is 28.7 Å². The average molecular weight is 577 g/mol. The summed E-state index contributed by atoms with van der Waals surface area (Å²) in [6.45, 7) is 9.52. The van der Waals surface area contributed by atoms with Crippen LogP contribution in [0.15, 0.2) is 127 Å². The Labute approximate surface area is 261 Å².